The third-order valence-corrected chi connectivity index (χ3v) is 8.32. The number of carbonyl (C=O) groups is 2. The molecule has 2 N–H and O–H groups in total. The molecule has 36 heavy (non-hydrogen) atoms. The van der Waals surface area contributed by atoms with Crippen molar-refractivity contribution in [2.75, 3.05) is 29.1 Å². The zero-order valence-corrected chi connectivity index (χ0v) is 20.9. The van der Waals surface area contributed by atoms with Crippen LogP contribution >= 0.6 is 11.8 Å². The van der Waals surface area contributed by atoms with Gasteiger partial charge in [0.25, 0.3) is 5.56 Å². The third-order valence-electron chi connectivity index (χ3n) is 7.25. The summed E-state index contributed by atoms with van der Waals surface area (Å²) in [4.78, 5) is 39.4. The van der Waals surface area contributed by atoms with Gasteiger partial charge in [-0.05, 0) is 66.6 Å². The molecule has 8 nitrogen and oxygen atoms in total. The molecule has 2 aromatic carbocycles. The molecule has 9 heteroatoms. The Morgan fingerprint density at radius 2 is 1.97 bits per heavy atom. The van der Waals surface area contributed by atoms with Crippen molar-refractivity contribution >= 4 is 46.0 Å². The van der Waals surface area contributed by atoms with Crippen LogP contribution in [0, 0.1) is 0 Å². The molecule has 3 aromatic rings. The summed E-state index contributed by atoms with van der Waals surface area (Å²) in [5.41, 5.74) is 5.09. The van der Waals surface area contributed by atoms with Crippen molar-refractivity contribution in [1.29, 1.82) is 0 Å². The van der Waals surface area contributed by atoms with Crippen LogP contribution in [0.2, 0.25) is 0 Å². The highest BCUT2D eigenvalue weighted by Crippen LogP contribution is 2.36. The van der Waals surface area contributed by atoms with Gasteiger partial charge in [-0.15, -0.1) is 11.8 Å². The molecule has 0 saturated carbocycles. The molecular formula is C27H28N4O4S. The van der Waals surface area contributed by atoms with Crippen LogP contribution in [-0.4, -0.2) is 41.5 Å². The van der Waals surface area contributed by atoms with Crippen LogP contribution in [-0.2, 0) is 22.5 Å². The van der Waals surface area contributed by atoms with E-state index < -0.39 is 0 Å². The normalized spacial score (nSPS) is 20.5. The number of thioether (sulfide) groups is 1. The second-order valence-electron chi connectivity index (χ2n) is 9.49. The van der Waals surface area contributed by atoms with Crippen LogP contribution in [0.25, 0.3) is 10.9 Å². The number of rotatable bonds is 7. The van der Waals surface area contributed by atoms with Gasteiger partial charge < -0.3 is 19.9 Å². The third kappa shape index (κ3) is 4.06. The Morgan fingerprint density at radius 1 is 1.11 bits per heavy atom. The summed E-state index contributed by atoms with van der Waals surface area (Å²) < 4.78 is 7.52. The van der Waals surface area contributed by atoms with Gasteiger partial charge in [-0.25, -0.2) is 4.79 Å². The standard InChI is InChI=1S/C27H28N4O4S/c1-2-16-5-6-17-7-10-24(33)31-14-21(25(16)26(17)31)28-11-3-4-19-13-30(27(34)35-19)18-8-9-22-20(12-18)29-23(32)15-36-22/h5-10,12,19,21,28H,2-4,11,13-15H2,1H3,(H,29,32)/t19-,21-/m1/s1. The van der Waals surface area contributed by atoms with Gasteiger partial charge in [0.2, 0.25) is 5.91 Å². The van der Waals surface area contributed by atoms with Gasteiger partial charge >= 0.3 is 6.09 Å². The Hall–Kier alpha value is -3.30. The van der Waals surface area contributed by atoms with E-state index in [2.05, 4.69) is 29.7 Å². The van der Waals surface area contributed by atoms with Crippen molar-refractivity contribution in [3.63, 3.8) is 0 Å². The number of pyridine rings is 1. The van der Waals surface area contributed by atoms with Crippen LogP contribution in [0.15, 0.2) is 52.2 Å². The number of ether oxygens (including phenoxy) is 1. The number of hydrogen-bond donors (Lipinski definition) is 2. The molecule has 3 aliphatic heterocycles. The van der Waals surface area contributed by atoms with E-state index in [1.54, 1.807) is 11.0 Å². The molecule has 2 amide bonds. The zero-order chi connectivity index (χ0) is 24.8. The van der Waals surface area contributed by atoms with Crippen molar-refractivity contribution in [2.45, 2.75) is 49.8 Å². The highest BCUT2D eigenvalue weighted by atomic mass is 32.2. The number of fused-ring (bicyclic) bond motifs is 1. The SMILES string of the molecule is CCc1ccc2ccc(=O)n3c2c1[C@H](NCCC[C@@H]1CN(c2ccc4c(c2)NC(=O)CS4)C(=O)O1)C3. The molecule has 186 valence electrons. The Bertz CT molecular complexity index is 1440. The maximum absolute atomic E-state index is 12.6. The number of hydrogen-bond acceptors (Lipinski definition) is 6. The van der Waals surface area contributed by atoms with Gasteiger partial charge in [-0.2, -0.15) is 0 Å². The Labute approximate surface area is 213 Å². The number of carbonyl (C=O) groups excluding carboxylic acids is 2. The van der Waals surface area contributed by atoms with Crippen molar-refractivity contribution in [3.05, 3.63) is 63.9 Å². The number of nitrogens with zero attached hydrogens (tertiary/aromatic N) is 2. The molecule has 1 saturated heterocycles. The lowest BCUT2D eigenvalue weighted by Gasteiger charge is -2.20. The van der Waals surface area contributed by atoms with Gasteiger partial charge in [0, 0.05) is 23.2 Å². The van der Waals surface area contributed by atoms with Crippen molar-refractivity contribution in [2.24, 2.45) is 0 Å². The summed E-state index contributed by atoms with van der Waals surface area (Å²) in [5, 5.41) is 7.63. The predicted octanol–water partition coefficient (Wildman–Crippen LogP) is 4.06. The van der Waals surface area contributed by atoms with E-state index in [4.69, 9.17) is 4.74 Å². The fourth-order valence-electron chi connectivity index (χ4n) is 5.51. The van der Waals surface area contributed by atoms with E-state index in [9.17, 15) is 14.4 Å². The lowest BCUT2D eigenvalue weighted by atomic mass is 9.97. The van der Waals surface area contributed by atoms with Crippen molar-refractivity contribution in [3.8, 4) is 0 Å². The van der Waals surface area contributed by atoms with E-state index in [1.807, 2.05) is 28.8 Å². The number of amides is 2. The molecular weight excluding hydrogens is 476 g/mol. The van der Waals surface area contributed by atoms with Gasteiger partial charge in [-0.1, -0.05) is 19.1 Å². The molecule has 0 unspecified atom stereocenters. The minimum Gasteiger partial charge on any atom is -0.444 e. The molecule has 0 spiro atoms. The summed E-state index contributed by atoms with van der Waals surface area (Å²) in [6.45, 7) is 4.04. The first kappa shape index (κ1) is 23.1. The molecule has 6 rings (SSSR count). The molecule has 2 atom stereocenters. The first-order chi connectivity index (χ1) is 17.5. The maximum Gasteiger partial charge on any atom is 0.414 e. The first-order valence-corrected chi connectivity index (χ1v) is 13.4. The molecule has 3 aliphatic rings. The number of cyclic esters (lactones) is 1. The lowest BCUT2D eigenvalue weighted by Crippen LogP contribution is -2.27. The summed E-state index contributed by atoms with van der Waals surface area (Å²) >= 11 is 1.50. The van der Waals surface area contributed by atoms with Gasteiger partial charge in [0.15, 0.2) is 0 Å². The molecule has 0 aliphatic carbocycles. The predicted molar refractivity (Wildman–Crippen MR) is 141 cm³/mol. The average Bonchev–Trinajstić information content (AvgIpc) is 3.45. The van der Waals surface area contributed by atoms with Crippen LogP contribution in [0.4, 0.5) is 16.2 Å². The number of aryl methyl sites for hydroxylation is 1. The first-order valence-electron chi connectivity index (χ1n) is 12.5. The van der Waals surface area contributed by atoms with Gasteiger partial charge in [0.05, 0.1) is 29.5 Å². The minimum atomic E-state index is -0.354. The molecule has 0 bridgehead atoms. The zero-order valence-electron chi connectivity index (χ0n) is 20.1. The fourth-order valence-corrected chi connectivity index (χ4v) is 6.30. The van der Waals surface area contributed by atoms with Crippen molar-refractivity contribution in [1.82, 2.24) is 9.88 Å². The average molecular weight is 505 g/mol. The smallest absolute Gasteiger partial charge is 0.414 e. The number of aromatic nitrogens is 1. The Kier molecular flexibility index (Phi) is 5.97. The molecule has 4 heterocycles. The van der Waals surface area contributed by atoms with Crippen LogP contribution < -0.4 is 21.1 Å². The quantitative estimate of drug-likeness (QED) is 0.472. The summed E-state index contributed by atoms with van der Waals surface area (Å²) in [7, 11) is 0. The largest absolute Gasteiger partial charge is 0.444 e. The molecule has 1 fully saturated rings. The van der Waals surface area contributed by atoms with E-state index in [-0.39, 0.29) is 29.7 Å². The summed E-state index contributed by atoms with van der Waals surface area (Å²) in [5.74, 6) is 0.379. The highest BCUT2D eigenvalue weighted by molar-refractivity contribution is 8.00. The van der Waals surface area contributed by atoms with Gasteiger partial charge in [0.1, 0.15) is 6.10 Å². The van der Waals surface area contributed by atoms with Crippen molar-refractivity contribution < 1.29 is 14.3 Å². The second-order valence-corrected chi connectivity index (χ2v) is 10.5. The van der Waals surface area contributed by atoms with Crippen LogP contribution in [0.1, 0.15) is 36.9 Å². The maximum atomic E-state index is 12.6. The van der Waals surface area contributed by atoms with Crippen LogP contribution in [0.3, 0.4) is 0 Å². The topological polar surface area (TPSA) is 92.7 Å². The lowest BCUT2D eigenvalue weighted by molar-refractivity contribution is -0.113. The van der Waals surface area contributed by atoms with E-state index >= 15 is 0 Å². The molecule has 0 radical (unpaired) electrons. The Balaban J connectivity index is 1.07. The van der Waals surface area contributed by atoms with Gasteiger partial charge in [-0.3, -0.25) is 14.5 Å². The monoisotopic (exact) mass is 504 g/mol. The van der Waals surface area contributed by atoms with E-state index in [0.717, 1.165) is 53.0 Å². The van der Waals surface area contributed by atoms with Crippen LogP contribution in [0.5, 0.6) is 0 Å². The summed E-state index contributed by atoms with van der Waals surface area (Å²) in [6.07, 6.45) is 1.98. The van der Waals surface area contributed by atoms with E-state index in [1.165, 1.54) is 22.9 Å². The summed E-state index contributed by atoms with van der Waals surface area (Å²) in [6, 6.07) is 13.6. The second kappa shape index (κ2) is 9.29. The number of benzene rings is 2. The number of nitrogens with one attached hydrogen (secondary N) is 2. The van der Waals surface area contributed by atoms with E-state index in [0.29, 0.717) is 18.8 Å². The molecule has 1 aromatic heterocycles. The number of anilines is 2. The Morgan fingerprint density at radius 3 is 2.83 bits per heavy atom. The fraction of sp³-hybridized carbons (Fsp3) is 0.370. The minimum absolute atomic E-state index is 0.0310. The highest BCUT2D eigenvalue weighted by Gasteiger charge is 2.33.